The largest absolute Gasteiger partial charge is 0.356 e. The summed E-state index contributed by atoms with van der Waals surface area (Å²) in [5, 5.41) is 6.80. The molecule has 1 heterocycles. The van der Waals surface area contributed by atoms with Crippen molar-refractivity contribution in [3.8, 4) is 0 Å². The molecule has 80 valence electrons. The fraction of sp³-hybridized carbons (Fsp3) is 0.909. The maximum absolute atomic E-state index is 4.48. The average Bonchev–Trinajstić information content (AvgIpc) is 3.01. The van der Waals surface area contributed by atoms with Gasteiger partial charge in [-0.3, -0.25) is 4.99 Å². The van der Waals surface area contributed by atoms with Crippen molar-refractivity contribution < 1.29 is 0 Å². The molecular formula is C11H21N3. The summed E-state index contributed by atoms with van der Waals surface area (Å²) in [6.07, 6.45) is 6.55. The van der Waals surface area contributed by atoms with Crippen LogP contribution in [0.2, 0.25) is 0 Å². The molecule has 3 heteroatoms. The van der Waals surface area contributed by atoms with Crippen LogP contribution >= 0.6 is 0 Å². The Morgan fingerprint density at radius 2 is 2.29 bits per heavy atom. The van der Waals surface area contributed by atoms with Crippen molar-refractivity contribution in [2.24, 2.45) is 10.4 Å². The Morgan fingerprint density at radius 3 is 3.00 bits per heavy atom. The molecule has 0 aromatic heterocycles. The summed E-state index contributed by atoms with van der Waals surface area (Å²) >= 11 is 0. The molecule has 0 aromatic rings. The quantitative estimate of drug-likeness (QED) is 0.716. The molecule has 0 spiro atoms. The fourth-order valence-corrected chi connectivity index (χ4v) is 1.91. The van der Waals surface area contributed by atoms with E-state index in [4.69, 9.17) is 0 Å². The van der Waals surface area contributed by atoms with Gasteiger partial charge in [-0.1, -0.05) is 6.92 Å². The van der Waals surface area contributed by atoms with E-state index >= 15 is 0 Å². The third-order valence-corrected chi connectivity index (χ3v) is 3.49. The van der Waals surface area contributed by atoms with E-state index < -0.39 is 0 Å². The second kappa shape index (κ2) is 4.20. The van der Waals surface area contributed by atoms with E-state index in [9.17, 15) is 0 Å². The molecule has 2 aliphatic rings. The Balaban J connectivity index is 1.76. The van der Waals surface area contributed by atoms with E-state index in [1.54, 1.807) is 0 Å². The smallest absolute Gasteiger partial charge is 0.191 e. The molecule has 0 aromatic carbocycles. The first-order valence-corrected chi connectivity index (χ1v) is 5.87. The van der Waals surface area contributed by atoms with E-state index in [1.807, 2.05) is 0 Å². The lowest BCUT2D eigenvalue weighted by Gasteiger charge is -2.16. The van der Waals surface area contributed by atoms with Gasteiger partial charge >= 0.3 is 0 Å². The van der Waals surface area contributed by atoms with Crippen LogP contribution in [0.4, 0.5) is 0 Å². The third kappa shape index (κ3) is 2.40. The highest BCUT2D eigenvalue weighted by atomic mass is 15.2. The minimum atomic E-state index is 0.608. The van der Waals surface area contributed by atoms with Gasteiger partial charge in [0, 0.05) is 19.6 Å². The number of nitrogens with zero attached hydrogens (tertiary/aromatic N) is 1. The molecule has 1 aliphatic heterocycles. The van der Waals surface area contributed by atoms with Gasteiger partial charge in [0.25, 0.3) is 0 Å². The Hall–Kier alpha value is -0.730. The van der Waals surface area contributed by atoms with Crippen LogP contribution in [0, 0.1) is 5.41 Å². The molecule has 14 heavy (non-hydrogen) atoms. The van der Waals surface area contributed by atoms with Crippen LogP contribution in [0.1, 0.15) is 39.0 Å². The Bertz CT molecular complexity index is 219. The lowest BCUT2D eigenvalue weighted by Crippen LogP contribution is -2.40. The molecule has 0 bridgehead atoms. The molecule has 2 rings (SSSR count). The van der Waals surface area contributed by atoms with E-state index in [0.29, 0.717) is 5.41 Å². The zero-order valence-corrected chi connectivity index (χ0v) is 9.10. The topological polar surface area (TPSA) is 36.4 Å². The predicted molar refractivity (Wildman–Crippen MR) is 59.5 cm³/mol. The van der Waals surface area contributed by atoms with E-state index in [1.165, 1.54) is 32.1 Å². The first-order chi connectivity index (χ1) is 6.85. The zero-order chi connectivity index (χ0) is 9.86. The summed E-state index contributed by atoms with van der Waals surface area (Å²) in [5.74, 6) is 1.03. The number of aliphatic imine (C=N–C) groups is 1. The van der Waals surface area contributed by atoms with Crippen LogP contribution in [-0.4, -0.2) is 25.6 Å². The van der Waals surface area contributed by atoms with Gasteiger partial charge in [-0.2, -0.15) is 0 Å². The molecule has 1 fully saturated rings. The van der Waals surface area contributed by atoms with Crippen LogP contribution in [-0.2, 0) is 0 Å². The molecule has 0 radical (unpaired) electrons. The fourth-order valence-electron chi connectivity index (χ4n) is 1.91. The summed E-state index contributed by atoms with van der Waals surface area (Å²) < 4.78 is 0. The molecule has 1 aliphatic carbocycles. The van der Waals surface area contributed by atoms with Crippen molar-refractivity contribution >= 4 is 5.96 Å². The second-order valence-corrected chi connectivity index (χ2v) is 4.57. The first kappa shape index (κ1) is 9.81. The Kier molecular flexibility index (Phi) is 2.94. The van der Waals surface area contributed by atoms with Gasteiger partial charge in [-0.05, 0) is 37.5 Å². The lowest BCUT2D eigenvalue weighted by atomic mass is 10.0. The van der Waals surface area contributed by atoms with Crippen LogP contribution in [0.15, 0.2) is 4.99 Å². The van der Waals surface area contributed by atoms with Crippen molar-refractivity contribution in [2.75, 3.05) is 19.6 Å². The Morgan fingerprint density at radius 1 is 1.43 bits per heavy atom. The Labute approximate surface area is 86.4 Å². The summed E-state index contributed by atoms with van der Waals surface area (Å²) in [6, 6.07) is 0. The molecular weight excluding hydrogens is 174 g/mol. The van der Waals surface area contributed by atoms with E-state index in [2.05, 4.69) is 22.5 Å². The number of hydrogen-bond donors (Lipinski definition) is 2. The van der Waals surface area contributed by atoms with Gasteiger partial charge in [0.05, 0.1) is 0 Å². The third-order valence-electron chi connectivity index (χ3n) is 3.49. The van der Waals surface area contributed by atoms with Gasteiger partial charge in [0.2, 0.25) is 0 Å². The van der Waals surface area contributed by atoms with Crippen molar-refractivity contribution in [3.63, 3.8) is 0 Å². The summed E-state index contributed by atoms with van der Waals surface area (Å²) in [7, 11) is 0. The van der Waals surface area contributed by atoms with Crippen molar-refractivity contribution in [2.45, 2.75) is 39.0 Å². The van der Waals surface area contributed by atoms with Gasteiger partial charge in [0.15, 0.2) is 5.96 Å². The highest BCUT2D eigenvalue weighted by molar-refractivity contribution is 5.80. The maximum atomic E-state index is 4.48. The zero-order valence-electron chi connectivity index (χ0n) is 9.10. The van der Waals surface area contributed by atoms with Crippen molar-refractivity contribution in [1.29, 1.82) is 0 Å². The number of nitrogens with one attached hydrogen (secondary N) is 2. The van der Waals surface area contributed by atoms with Gasteiger partial charge in [0.1, 0.15) is 0 Å². The molecule has 1 saturated carbocycles. The van der Waals surface area contributed by atoms with Gasteiger partial charge < -0.3 is 10.6 Å². The highest BCUT2D eigenvalue weighted by Gasteiger charge is 2.40. The SMILES string of the molecule is CCC1(CNC2=NCCCCN2)CC1. The summed E-state index contributed by atoms with van der Waals surface area (Å²) in [6.45, 7) is 5.45. The highest BCUT2D eigenvalue weighted by Crippen LogP contribution is 2.47. The maximum Gasteiger partial charge on any atom is 0.191 e. The predicted octanol–water partition coefficient (Wildman–Crippen LogP) is 1.51. The normalized spacial score (nSPS) is 24.5. The standard InChI is InChI=1S/C11H21N3/c1-2-11(5-6-11)9-14-10-12-7-3-4-8-13-10/h2-9H2,1H3,(H2,12,13,14). The van der Waals surface area contributed by atoms with Crippen molar-refractivity contribution in [1.82, 2.24) is 10.6 Å². The molecule has 0 saturated heterocycles. The monoisotopic (exact) mass is 195 g/mol. The lowest BCUT2D eigenvalue weighted by molar-refractivity contribution is 0.478. The number of guanidine groups is 1. The first-order valence-electron chi connectivity index (χ1n) is 5.87. The minimum Gasteiger partial charge on any atom is -0.356 e. The van der Waals surface area contributed by atoms with Crippen LogP contribution in [0.5, 0.6) is 0 Å². The molecule has 0 amide bonds. The minimum absolute atomic E-state index is 0.608. The number of rotatable bonds is 3. The van der Waals surface area contributed by atoms with E-state index in [0.717, 1.165) is 25.6 Å². The van der Waals surface area contributed by atoms with Crippen LogP contribution in [0.25, 0.3) is 0 Å². The van der Waals surface area contributed by atoms with Crippen LogP contribution < -0.4 is 10.6 Å². The summed E-state index contributed by atoms with van der Waals surface area (Å²) in [5.41, 5.74) is 0.608. The second-order valence-electron chi connectivity index (χ2n) is 4.57. The van der Waals surface area contributed by atoms with Crippen molar-refractivity contribution in [3.05, 3.63) is 0 Å². The number of hydrogen-bond acceptors (Lipinski definition) is 3. The summed E-state index contributed by atoms with van der Waals surface area (Å²) in [4.78, 5) is 4.48. The van der Waals surface area contributed by atoms with Crippen LogP contribution in [0.3, 0.4) is 0 Å². The van der Waals surface area contributed by atoms with E-state index in [-0.39, 0.29) is 0 Å². The molecule has 2 N–H and O–H groups in total. The average molecular weight is 195 g/mol. The molecule has 0 unspecified atom stereocenters. The molecule has 3 nitrogen and oxygen atoms in total. The van der Waals surface area contributed by atoms with Gasteiger partial charge in [-0.25, -0.2) is 0 Å². The van der Waals surface area contributed by atoms with Gasteiger partial charge in [-0.15, -0.1) is 0 Å². The molecule has 0 atom stereocenters.